The van der Waals surface area contributed by atoms with Gasteiger partial charge in [-0.25, -0.2) is 0 Å². The Kier molecular flexibility index (Phi) is 14.4. The quantitative estimate of drug-likeness (QED) is 0.271. The summed E-state index contributed by atoms with van der Waals surface area (Å²) in [5, 5.41) is 0. The molecule has 0 aliphatic heterocycles. The van der Waals surface area contributed by atoms with Crippen molar-refractivity contribution < 1.29 is 48.9 Å². The minimum Gasteiger partial charge on any atom is -0.396 e. The van der Waals surface area contributed by atoms with Crippen LogP contribution in [-0.2, 0) is 10.4 Å². The van der Waals surface area contributed by atoms with Crippen molar-refractivity contribution in [3.05, 3.63) is 0 Å². The summed E-state index contributed by atoms with van der Waals surface area (Å²) >= 11 is -3.76. The van der Waals surface area contributed by atoms with E-state index in [9.17, 15) is 0 Å². The molecule has 3 N–H and O–H groups in total. The van der Waals surface area contributed by atoms with Gasteiger partial charge in [0, 0.05) is 0 Å². The van der Waals surface area contributed by atoms with Gasteiger partial charge in [-0.2, -0.15) is 8.42 Å². The van der Waals surface area contributed by atoms with Crippen molar-refractivity contribution in [1.82, 2.24) is 0 Å². The Morgan fingerprint density at radius 1 is 1.20 bits per heavy atom. The first-order valence-electron chi connectivity index (χ1n) is 1.18. The molecule has 0 aliphatic carbocycles. The molecule has 0 atom stereocenters. The zero-order chi connectivity index (χ0) is 8.08. The van der Waals surface area contributed by atoms with Gasteiger partial charge in [-0.05, 0) is 3.44 Å². The highest BCUT2D eigenvalue weighted by Gasteiger charge is 1.89. The Morgan fingerprint density at radius 2 is 1.20 bits per heavy atom. The molecule has 0 rings (SSSR count). The van der Waals surface area contributed by atoms with E-state index in [1.54, 1.807) is 0 Å². The SMILES string of the molecule is I.O=S(=O)(O)O.[O-][I+2]([O-])O. The van der Waals surface area contributed by atoms with Gasteiger partial charge in [0.2, 0.25) is 0 Å². The van der Waals surface area contributed by atoms with Gasteiger partial charge in [0.05, 0.1) is 0 Å². The lowest BCUT2D eigenvalue weighted by Gasteiger charge is -1.68. The van der Waals surface area contributed by atoms with Crippen molar-refractivity contribution in [2.45, 2.75) is 0 Å². The van der Waals surface area contributed by atoms with E-state index in [2.05, 4.69) is 0 Å². The molecule has 0 fully saturated rings. The van der Waals surface area contributed by atoms with Gasteiger partial charge in [0.1, 0.15) is 0 Å². The summed E-state index contributed by atoms with van der Waals surface area (Å²) in [6.07, 6.45) is 0. The molecule has 0 aromatic carbocycles. The second-order valence-corrected chi connectivity index (χ2v) is 2.69. The van der Waals surface area contributed by atoms with E-state index in [-0.39, 0.29) is 24.0 Å². The highest BCUT2D eigenvalue weighted by Crippen LogP contribution is 1.59. The van der Waals surface area contributed by atoms with Gasteiger partial charge in [0.15, 0.2) is 0 Å². The van der Waals surface area contributed by atoms with Crippen LogP contribution in [0.25, 0.3) is 0 Å². The normalized spacial score (nSPS) is 9.40. The van der Waals surface area contributed by atoms with E-state index >= 15 is 0 Å². The van der Waals surface area contributed by atoms with Gasteiger partial charge in [-0.15, -0.1) is 24.0 Å². The van der Waals surface area contributed by atoms with E-state index < -0.39 is 31.5 Å². The maximum atomic E-state index is 8.74. The van der Waals surface area contributed by atoms with Gasteiger partial charge in [0.25, 0.3) is 0 Å². The fourth-order valence-corrected chi connectivity index (χ4v) is 0. The lowest BCUT2D eigenvalue weighted by Crippen LogP contribution is -3.98. The second-order valence-electron chi connectivity index (χ2n) is 0.649. The Morgan fingerprint density at radius 3 is 1.20 bits per heavy atom. The fourth-order valence-electron chi connectivity index (χ4n) is 0. The van der Waals surface area contributed by atoms with Gasteiger partial charge >= 0.3 is 31.5 Å². The first-order chi connectivity index (χ1) is 3.73. The van der Waals surface area contributed by atoms with Gasteiger partial charge in [-0.3, -0.25) is 9.11 Å². The predicted octanol–water partition coefficient (Wildman–Crippen LogP) is -5.97. The van der Waals surface area contributed by atoms with Crippen LogP contribution in [0.15, 0.2) is 0 Å². The third-order valence-electron chi connectivity index (χ3n) is 0. The van der Waals surface area contributed by atoms with Crippen LogP contribution in [0.4, 0.5) is 0 Å². The van der Waals surface area contributed by atoms with Crippen LogP contribution in [0, 0.1) is 0 Å². The Balaban J connectivity index is -0.0000000910. The van der Waals surface area contributed by atoms with E-state index in [0.717, 1.165) is 0 Å². The van der Waals surface area contributed by atoms with Crippen LogP contribution in [0.5, 0.6) is 0 Å². The van der Waals surface area contributed by atoms with Crippen molar-refractivity contribution in [3.63, 3.8) is 0 Å². The van der Waals surface area contributed by atoms with E-state index in [4.69, 9.17) is 27.8 Å². The van der Waals surface area contributed by atoms with Crippen LogP contribution >= 0.6 is 24.0 Å². The average molecular weight is 402 g/mol. The molecule has 0 amide bonds. The molecule has 0 heterocycles. The molecule has 0 aromatic heterocycles. The molecule has 0 saturated carbocycles. The summed E-state index contributed by atoms with van der Waals surface area (Å²) in [4.78, 5) is 0. The number of hydrogen-bond donors (Lipinski definition) is 3. The van der Waals surface area contributed by atoms with E-state index in [0.29, 0.717) is 0 Å². The molecule has 10 heteroatoms. The lowest BCUT2D eigenvalue weighted by atomic mass is 15.8. The van der Waals surface area contributed by atoms with Crippen molar-refractivity contribution in [2.24, 2.45) is 0 Å². The topological polar surface area (TPSA) is 141 Å². The maximum absolute atomic E-state index is 8.74. The van der Waals surface area contributed by atoms with Crippen LogP contribution < -0.4 is 27.9 Å². The number of rotatable bonds is 0. The van der Waals surface area contributed by atoms with Crippen LogP contribution in [0.3, 0.4) is 0 Å². The first-order valence-corrected chi connectivity index (χ1v) is 5.30. The standard InChI is InChI=1S/HIO3.HI.H2O4S/c2-1(3)4;;1-5(2,3)4/h2H;1H;(H2,1,2,3,4). The summed E-state index contributed by atoms with van der Waals surface area (Å²) < 4.78 is 56.1. The van der Waals surface area contributed by atoms with Gasteiger partial charge < -0.3 is 6.87 Å². The molecular weight excluding hydrogens is 398 g/mol. The van der Waals surface area contributed by atoms with E-state index in [1.165, 1.54) is 0 Å². The molecule has 0 aliphatic rings. The molecule has 10 heavy (non-hydrogen) atoms. The zero-order valence-corrected chi connectivity index (χ0v) is 9.47. The summed E-state index contributed by atoms with van der Waals surface area (Å²) in [5.74, 6) is 0. The molecule has 7 nitrogen and oxygen atoms in total. The maximum Gasteiger partial charge on any atom is 0.503 e. The largest absolute Gasteiger partial charge is 0.503 e. The molecule has 66 valence electrons. The summed E-state index contributed by atoms with van der Waals surface area (Å²) in [6, 6.07) is 0. The monoisotopic (exact) mass is 402 g/mol. The highest BCUT2D eigenvalue weighted by molar-refractivity contribution is 14.0. The van der Waals surface area contributed by atoms with E-state index in [1.807, 2.05) is 0 Å². The second kappa shape index (κ2) is 8.31. The van der Waals surface area contributed by atoms with Gasteiger partial charge in [-0.1, -0.05) is 0 Å². The molecule has 0 aromatic rings. The van der Waals surface area contributed by atoms with Crippen LogP contribution in [0.2, 0.25) is 0 Å². The third-order valence-corrected chi connectivity index (χ3v) is 0. The summed E-state index contributed by atoms with van der Waals surface area (Å²) in [6.45, 7) is 0. The fraction of sp³-hybridized carbons (Fsp3) is 0. The minimum absolute atomic E-state index is 0. The molecular formula is H4I2O7S. The molecule has 0 bridgehead atoms. The number of hydrogen-bond acceptors (Lipinski definition) is 5. The highest BCUT2D eigenvalue weighted by atomic mass is 127. The van der Waals surface area contributed by atoms with Crippen molar-refractivity contribution in [1.29, 1.82) is 0 Å². The smallest absolute Gasteiger partial charge is 0.396 e. The predicted molar refractivity (Wildman–Crippen MR) is 31.8 cm³/mol. The third kappa shape index (κ3) is 424. The Hall–Kier alpha value is 1.21. The first kappa shape index (κ1) is 17.3. The van der Waals surface area contributed by atoms with Crippen molar-refractivity contribution in [2.75, 3.05) is 0 Å². The molecule has 0 radical (unpaired) electrons. The average Bonchev–Trinajstić information content (AvgIpc) is 1.19. The zero-order valence-electron chi connectivity index (χ0n) is 4.17. The van der Waals surface area contributed by atoms with Crippen LogP contribution in [-0.4, -0.2) is 21.0 Å². The minimum atomic E-state index is -4.67. The summed E-state index contributed by atoms with van der Waals surface area (Å²) in [5.41, 5.74) is 0. The summed E-state index contributed by atoms with van der Waals surface area (Å²) in [7, 11) is -4.67. The Labute approximate surface area is 82.7 Å². The Bertz CT molecular complexity index is 123. The molecule has 0 spiro atoms. The lowest BCUT2D eigenvalue weighted by molar-refractivity contribution is -1.63. The molecule has 0 saturated heterocycles. The van der Waals surface area contributed by atoms with Crippen LogP contribution in [0.1, 0.15) is 0 Å². The number of halogens is 2. The van der Waals surface area contributed by atoms with Crippen molar-refractivity contribution >= 4 is 34.4 Å². The molecule has 0 unspecified atom stereocenters. The van der Waals surface area contributed by atoms with Crippen molar-refractivity contribution in [3.8, 4) is 0 Å².